The van der Waals surface area contributed by atoms with Crippen molar-refractivity contribution in [1.82, 2.24) is 10.2 Å². The molecule has 0 bridgehead atoms. The molecule has 1 aliphatic carbocycles. The molecule has 3 heteroatoms. The summed E-state index contributed by atoms with van der Waals surface area (Å²) in [6, 6.07) is 0.901. The normalized spacial score (nSPS) is 34.1. The van der Waals surface area contributed by atoms with Crippen molar-refractivity contribution in [3.8, 4) is 0 Å². The van der Waals surface area contributed by atoms with Gasteiger partial charge in [-0.2, -0.15) is 0 Å². The van der Waals surface area contributed by atoms with E-state index in [-0.39, 0.29) is 12.4 Å². The first-order valence-corrected chi connectivity index (χ1v) is 6.83. The van der Waals surface area contributed by atoms with Crippen molar-refractivity contribution in [3.63, 3.8) is 0 Å². The van der Waals surface area contributed by atoms with Crippen LogP contribution in [0.1, 0.15) is 44.9 Å². The summed E-state index contributed by atoms with van der Waals surface area (Å²) < 4.78 is 0. The minimum absolute atomic E-state index is 0. The van der Waals surface area contributed by atoms with Crippen molar-refractivity contribution in [3.05, 3.63) is 0 Å². The fourth-order valence-electron chi connectivity index (χ4n) is 3.51. The van der Waals surface area contributed by atoms with Gasteiger partial charge in [0.1, 0.15) is 0 Å². The van der Waals surface area contributed by atoms with Gasteiger partial charge in [-0.1, -0.05) is 0 Å². The van der Waals surface area contributed by atoms with E-state index in [1.807, 2.05) is 0 Å². The average Bonchev–Trinajstić information content (AvgIpc) is 3.03. The number of likely N-dealkylation sites (tertiary alicyclic amines) is 1. The SMILES string of the molecule is C1CNCCC(N2CCCC3(CC3)C2)C1.Cl. The Labute approximate surface area is 106 Å². The third kappa shape index (κ3) is 2.72. The molecule has 16 heavy (non-hydrogen) atoms. The van der Waals surface area contributed by atoms with E-state index in [4.69, 9.17) is 0 Å². The maximum absolute atomic E-state index is 3.53. The molecule has 0 amide bonds. The quantitative estimate of drug-likeness (QED) is 0.762. The Morgan fingerprint density at radius 2 is 1.88 bits per heavy atom. The fraction of sp³-hybridized carbons (Fsp3) is 1.00. The van der Waals surface area contributed by atoms with E-state index in [9.17, 15) is 0 Å². The highest BCUT2D eigenvalue weighted by atomic mass is 35.5. The second-order valence-corrected chi connectivity index (χ2v) is 5.91. The molecule has 3 fully saturated rings. The van der Waals surface area contributed by atoms with E-state index in [0.717, 1.165) is 11.5 Å². The van der Waals surface area contributed by atoms with Crippen LogP contribution in [0.25, 0.3) is 0 Å². The second kappa shape index (κ2) is 5.24. The molecule has 1 saturated carbocycles. The third-order valence-electron chi connectivity index (χ3n) is 4.71. The highest BCUT2D eigenvalue weighted by molar-refractivity contribution is 5.85. The number of hydrogen-bond acceptors (Lipinski definition) is 2. The summed E-state index contributed by atoms with van der Waals surface area (Å²) in [5.74, 6) is 0. The molecule has 1 unspecified atom stereocenters. The van der Waals surface area contributed by atoms with E-state index in [1.165, 1.54) is 71.1 Å². The van der Waals surface area contributed by atoms with Gasteiger partial charge in [-0.3, -0.25) is 4.90 Å². The van der Waals surface area contributed by atoms with Crippen LogP contribution in [0.3, 0.4) is 0 Å². The van der Waals surface area contributed by atoms with Crippen LogP contribution < -0.4 is 5.32 Å². The zero-order chi connectivity index (χ0) is 10.1. The van der Waals surface area contributed by atoms with Crippen molar-refractivity contribution in [2.75, 3.05) is 26.2 Å². The molecule has 2 heterocycles. The predicted molar refractivity (Wildman–Crippen MR) is 70.2 cm³/mol. The molecule has 1 atom stereocenters. The Bertz CT molecular complexity index is 220. The average molecular weight is 245 g/mol. The lowest BCUT2D eigenvalue weighted by Gasteiger charge is -2.38. The molecule has 0 aromatic heterocycles. The lowest BCUT2D eigenvalue weighted by molar-refractivity contribution is 0.104. The van der Waals surface area contributed by atoms with Crippen molar-refractivity contribution >= 4 is 12.4 Å². The maximum Gasteiger partial charge on any atom is 0.0108 e. The van der Waals surface area contributed by atoms with E-state index < -0.39 is 0 Å². The minimum atomic E-state index is 0. The van der Waals surface area contributed by atoms with Gasteiger partial charge in [-0.05, 0) is 70.0 Å². The summed E-state index contributed by atoms with van der Waals surface area (Å²) in [6.45, 7) is 5.30. The van der Waals surface area contributed by atoms with E-state index >= 15 is 0 Å². The number of hydrogen-bond donors (Lipinski definition) is 1. The van der Waals surface area contributed by atoms with Crippen LogP contribution >= 0.6 is 12.4 Å². The largest absolute Gasteiger partial charge is 0.317 e. The van der Waals surface area contributed by atoms with Gasteiger partial charge < -0.3 is 5.32 Å². The van der Waals surface area contributed by atoms with Crippen LogP contribution in [0.5, 0.6) is 0 Å². The molecule has 0 radical (unpaired) electrons. The topological polar surface area (TPSA) is 15.3 Å². The highest BCUT2D eigenvalue weighted by Crippen LogP contribution is 2.52. The summed E-state index contributed by atoms with van der Waals surface area (Å²) >= 11 is 0. The standard InChI is InChI=1S/C13H24N2.ClH/c1-3-12(4-9-14-8-1)15-10-2-5-13(11-15)6-7-13;/h12,14H,1-11H2;1H. The van der Waals surface area contributed by atoms with Crippen LogP contribution in [0.15, 0.2) is 0 Å². The van der Waals surface area contributed by atoms with Crippen LogP contribution in [0.2, 0.25) is 0 Å². The predicted octanol–water partition coefficient (Wildman–Crippen LogP) is 2.43. The van der Waals surface area contributed by atoms with Crippen LogP contribution in [0, 0.1) is 5.41 Å². The lowest BCUT2D eigenvalue weighted by atomic mass is 9.92. The summed E-state index contributed by atoms with van der Waals surface area (Å²) in [7, 11) is 0. The Morgan fingerprint density at radius 1 is 1.00 bits per heavy atom. The molecule has 94 valence electrons. The fourth-order valence-corrected chi connectivity index (χ4v) is 3.51. The molecule has 0 aromatic carbocycles. The molecule has 0 aromatic rings. The third-order valence-corrected chi connectivity index (χ3v) is 4.71. The Hall–Kier alpha value is 0.210. The first-order valence-electron chi connectivity index (χ1n) is 6.83. The number of halogens is 1. The molecule has 2 saturated heterocycles. The summed E-state index contributed by atoms with van der Waals surface area (Å²) in [5, 5.41) is 3.53. The Morgan fingerprint density at radius 3 is 2.69 bits per heavy atom. The number of nitrogens with one attached hydrogen (secondary N) is 1. The molecule has 3 aliphatic rings. The highest BCUT2D eigenvalue weighted by Gasteiger charge is 2.46. The van der Waals surface area contributed by atoms with Gasteiger partial charge in [0.15, 0.2) is 0 Å². The molecule has 2 nitrogen and oxygen atoms in total. The smallest absolute Gasteiger partial charge is 0.0108 e. The molecule has 1 N–H and O–H groups in total. The van der Waals surface area contributed by atoms with Gasteiger partial charge in [-0.15, -0.1) is 12.4 Å². The lowest BCUT2D eigenvalue weighted by Crippen LogP contribution is -2.43. The van der Waals surface area contributed by atoms with Crippen LogP contribution in [0.4, 0.5) is 0 Å². The van der Waals surface area contributed by atoms with E-state index in [2.05, 4.69) is 10.2 Å². The minimum Gasteiger partial charge on any atom is -0.317 e. The van der Waals surface area contributed by atoms with Crippen molar-refractivity contribution in [2.45, 2.75) is 51.0 Å². The first-order chi connectivity index (χ1) is 7.38. The molecule has 1 spiro atoms. The maximum atomic E-state index is 3.53. The van der Waals surface area contributed by atoms with Crippen LogP contribution in [-0.2, 0) is 0 Å². The molecular weight excluding hydrogens is 220 g/mol. The number of piperidine rings is 1. The molecular formula is C13H25ClN2. The monoisotopic (exact) mass is 244 g/mol. The summed E-state index contributed by atoms with van der Waals surface area (Å²) in [4.78, 5) is 2.82. The van der Waals surface area contributed by atoms with Crippen molar-refractivity contribution < 1.29 is 0 Å². The van der Waals surface area contributed by atoms with Gasteiger partial charge >= 0.3 is 0 Å². The summed E-state index contributed by atoms with van der Waals surface area (Å²) in [5.41, 5.74) is 0.804. The number of rotatable bonds is 1. The Balaban J connectivity index is 0.000000963. The van der Waals surface area contributed by atoms with Crippen molar-refractivity contribution in [1.29, 1.82) is 0 Å². The Kier molecular flexibility index (Phi) is 4.15. The number of nitrogens with zero attached hydrogens (tertiary/aromatic N) is 1. The van der Waals surface area contributed by atoms with Gasteiger partial charge in [0, 0.05) is 12.6 Å². The van der Waals surface area contributed by atoms with Crippen LogP contribution in [-0.4, -0.2) is 37.1 Å². The molecule has 2 aliphatic heterocycles. The molecule has 3 rings (SSSR count). The van der Waals surface area contributed by atoms with Gasteiger partial charge in [0.2, 0.25) is 0 Å². The zero-order valence-corrected chi connectivity index (χ0v) is 11.0. The van der Waals surface area contributed by atoms with Gasteiger partial charge in [0.25, 0.3) is 0 Å². The zero-order valence-electron chi connectivity index (χ0n) is 10.2. The summed E-state index contributed by atoms with van der Waals surface area (Å²) in [6.07, 6.45) is 10.2. The van der Waals surface area contributed by atoms with Gasteiger partial charge in [-0.25, -0.2) is 0 Å². The van der Waals surface area contributed by atoms with Gasteiger partial charge in [0.05, 0.1) is 0 Å². The van der Waals surface area contributed by atoms with E-state index in [0.29, 0.717) is 0 Å². The van der Waals surface area contributed by atoms with E-state index in [1.54, 1.807) is 0 Å². The van der Waals surface area contributed by atoms with Crippen molar-refractivity contribution in [2.24, 2.45) is 5.41 Å². The first kappa shape index (κ1) is 12.7. The second-order valence-electron chi connectivity index (χ2n) is 5.91.